The van der Waals surface area contributed by atoms with Crippen molar-refractivity contribution in [3.63, 3.8) is 0 Å². The molecule has 0 aliphatic carbocycles. The number of aryl methyl sites for hydroxylation is 1. The summed E-state index contributed by atoms with van der Waals surface area (Å²) in [7, 11) is 0. The van der Waals surface area contributed by atoms with Gasteiger partial charge >= 0.3 is 5.97 Å². The van der Waals surface area contributed by atoms with Crippen LogP contribution in [0.15, 0.2) is 24.3 Å². The Morgan fingerprint density at radius 3 is 2.59 bits per heavy atom. The third-order valence-electron chi connectivity index (χ3n) is 3.04. The van der Waals surface area contributed by atoms with Crippen LogP contribution in [-0.2, 0) is 11.2 Å². The van der Waals surface area contributed by atoms with Crippen LogP contribution in [-0.4, -0.2) is 17.6 Å². The van der Waals surface area contributed by atoms with Crippen LogP contribution >= 0.6 is 0 Å². The Hall–Kier alpha value is -1.51. The van der Waals surface area contributed by atoms with E-state index >= 15 is 0 Å². The highest BCUT2D eigenvalue weighted by molar-refractivity contribution is 5.73. The average molecular weight is 235 g/mol. The molecule has 0 atom stereocenters. The molecule has 0 radical (unpaired) electrons. The van der Waals surface area contributed by atoms with Crippen LogP contribution in [0.2, 0.25) is 0 Å². The number of aliphatic carboxylic acids is 1. The molecular weight excluding hydrogens is 214 g/mol. The van der Waals surface area contributed by atoms with Gasteiger partial charge in [-0.2, -0.15) is 0 Å². The highest BCUT2D eigenvalue weighted by atomic mass is 16.4. The van der Waals surface area contributed by atoms with Crippen LogP contribution in [0.4, 0.5) is 5.69 Å². The van der Waals surface area contributed by atoms with E-state index in [0.717, 1.165) is 12.1 Å². The standard InChI is InChI=1S/C14H21NO2/c1-4-11-7-5-6-8-12(11)15-10-9-14(2,3)13(16)17/h5-8,15H,4,9-10H2,1-3H3,(H,16,17). The monoisotopic (exact) mass is 235 g/mol. The Balaban J connectivity index is 2.54. The lowest BCUT2D eigenvalue weighted by atomic mass is 9.89. The maximum atomic E-state index is 11.0. The number of rotatable bonds is 6. The topological polar surface area (TPSA) is 49.3 Å². The summed E-state index contributed by atoms with van der Waals surface area (Å²) in [6, 6.07) is 8.13. The Kier molecular flexibility index (Phi) is 4.55. The lowest BCUT2D eigenvalue weighted by Crippen LogP contribution is -2.26. The smallest absolute Gasteiger partial charge is 0.309 e. The summed E-state index contributed by atoms with van der Waals surface area (Å²) in [6.07, 6.45) is 1.59. The fraction of sp³-hybridized carbons (Fsp3) is 0.500. The van der Waals surface area contributed by atoms with Crippen molar-refractivity contribution >= 4 is 11.7 Å². The van der Waals surface area contributed by atoms with Crippen molar-refractivity contribution in [3.05, 3.63) is 29.8 Å². The molecule has 0 saturated heterocycles. The van der Waals surface area contributed by atoms with Crippen LogP contribution in [0, 0.1) is 5.41 Å². The molecule has 0 aliphatic heterocycles. The molecule has 3 heteroatoms. The number of benzene rings is 1. The van der Waals surface area contributed by atoms with Gasteiger partial charge < -0.3 is 10.4 Å². The van der Waals surface area contributed by atoms with Gasteiger partial charge in [0.1, 0.15) is 0 Å². The molecule has 3 nitrogen and oxygen atoms in total. The zero-order chi connectivity index (χ0) is 12.9. The van der Waals surface area contributed by atoms with Crippen LogP contribution in [0.1, 0.15) is 32.8 Å². The predicted octanol–water partition coefficient (Wildman–Crippen LogP) is 3.16. The Labute approximate surface area is 103 Å². The summed E-state index contributed by atoms with van der Waals surface area (Å²) < 4.78 is 0. The molecule has 94 valence electrons. The van der Waals surface area contributed by atoms with Crippen molar-refractivity contribution in [2.45, 2.75) is 33.6 Å². The molecule has 0 saturated carbocycles. The van der Waals surface area contributed by atoms with E-state index in [0.29, 0.717) is 13.0 Å². The van der Waals surface area contributed by atoms with Crippen molar-refractivity contribution < 1.29 is 9.90 Å². The van der Waals surface area contributed by atoms with Crippen molar-refractivity contribution in [3.8, 4) is 0 Å². The Bertz CT molecular complexity index is 386. The molecule has 0 aliphatic rings. The maximum absolute atomic E-state index is 11.0. The normalized spacial score (nSPS) is 11.2. The van der Waals surface area contributed by atoms with E-state index < -0.39 is 11.4 Å². The van der Waals surface area contributed by atoms with Gasteiger partial charge in [0.25, 0.3) is 0 Å². The lowest BCUT2D eigenvalue weighted by molar-refractivity contribution is -0.147. The zero-order valence-corrected chi connectivity index (χ0v) is 10.8. The van der Waals surface area contributed by atoms with E-state index in [1.807, 2.05) is 18.2 Å². The lowest BCUT2D eigenvalue weighted by Gasteiger charge is -2.20. The first-order valence-electron chi connectivity index (χ1n) is 6.02. The van der Waals surface area contributed by atoms with E-state index in [2.05, 4.69) is 18.3 Å². The van der Waals surface area contributed by atoms with Gasteiger partial charge in [0.15, 0.2) is 0 Å². The molecule has 0 unspecified atom stereocenters. The number of anilines is 1. The molecule has 0 bridgehead atoms. The summed E-state index contributed by atoms with van der Waals surface area (Å²) >= 11 is 0. The molecule has 0 amide bonds. The summed E-state index contributed by atoms with van der Waals surface area (Å²) in [5.41, 5.74) is 1.70. The fourth-order valence-corrected chi connectivity index (χ4v) is 1.62. The quantitative estimate of drug-likeness (QED) is 0.796. The SMILES string of the molecule is CCc1ccccc1NCCC(C)(C)C(=O)O. The molecule has 1 aromatic rings. The molecular formula is C14H21NO2. The van der Waals surface area contributed by atoms with Gasteiger partial charge in [0, 0.05) is 12.2 Å². The van der Waals surface area contributed by atoms with Crippen LogP contribution in [0.25, 0.3) is 0 Å². The average Bonchev–Trinajstić information content (AvgIpc) is 2.29. The summed E-state index contributed by atoms with van der Waals surface area (Å²) in [6.45, 7) is 6.30. The largest absolute Gasteiger partial charge is 0.481 e. The first-order valence-corrected chi connectivity index (χ1v) is 6.02. The maximum Gasteiger partial charge on any atom is 0.309 e. The van der Waals surface area contributed by atoms with E-state index in [4.69, 9.17) is 5.11 Å². The van der Waals surface area contributed by atoms with Crippen molar-refractivity contribution in [2.75, 3.05) is 11.9 Å². The molecule has 0 spiro atoms. The van der Waals surface area contributed by atoms with E-state index in [1.54, 1.807) is 13.8 Å². The number of nitrogens with one attached hydrogen (secondary N) is 1. The second-order valence-electron chi connectivity index (χ2n) is 4.88. The highest BCUT2D eigenvalue weighted by Crippen LogP contribution is 2.21. The third kappa shape index (κ3) is 3.77. The van der Waals surface area contributed by atoms with Crippen LogP contribution in [0.5, 0.6) is 0 Å². The van der Waals surface area contributed by atoms with Crippen LogP contribution < -0.4 is 5.32 Å². The Morgan fingerprint density at radius 2 is 2.00 bits per heavy atom. The van der Waals surface area contributed by atoms with Gasteiger partial charge in [0.2, 0.25) is 0 Å². The molecule has 1 aromatic carbocycles. The van der Waals surface area contributed by atoms with Crippen molar-refractivity contribution in [1.82, 2.24) is 0 Å². The molecule has 0 heterocycles. The first-order chi connectivity index (χ1) is 7.97. The van der Waals surface area contributed by atoms with Crippen LogP contribution in [0.3, 0.4) is 0 Å². The second-order valence-corrected chi connectivity index (χ2v) is 4.88. The minimum Gasteiger partial charge on any atom is -0.481 e. The minimum absolute atomic E-state index is 0.611. The number of carbonyl (C=O) groups is 1. The first kappa shape index (κ1) is 13.6. The predicted molar refractivity (Wildman–Crippen MR) is 70.3 cm³/mol. The fourth-order valence-electron chi connectivity index (χ4n) is 1.62. The molecule has 17 heavy (non-hydrogen) atoms. The number of hydrogen-bond acceptors (Lipinski definition) is 2. The third-order valence-corrected chi connectivity index (χ3v) is 3.04. The van der Waals surface area contributed by atoms with Gasteiger partial charge in [-0.3, -0.25) is 4.79 Å². The summed E-state index contributed by atoms with van der Waals surface area (Å²) in [5, 5.41) is 12.3. The van der Waals surface area contributed by atoms with Crippen molar-refractivity contribution in [1.29, 1.82) is 0 Å². The second kappa shape index (κ2) is 5.71. The summed E-state index contributed by atoms with van der Waals surface area (Å²) in [4.78, 5) is 11.0. The number of carboxylic acid groups (broad SMARTS) is 1. The molecule has 2 N–H and O–H groups in total. The zero-order valence-electron chi connectivity index (χ0n) is 10.8. The number of hydrogen-bond donors (Lipinski definition) is 2. The van der Waals surface area contributed by atoms with Gasteiger partial charge in [-0.1, -0.05) is 25.1 Å². The molecule has 0 aromatic heterocycles. The van der Waals surface area contributed by atoms with E-state index in [9.17, 15) is 4.79 Å². The van der Waals surface area contributed by atoms with Gasteiger partial charge in [-0.25, -0.2) is 0 Å². The van der Waals surface area contributed by atoms with E-state index in [-0.39, 0.29) is 0 Å². The van der Waals surface area contributed by atoms with Gasteiger partial charge in [-0.05, 0) is 38.3 Å². The number of carboxylic acids is 1. The Morgan fingerprint density at radius 1 is 1.35 bits per heavy atom. The van der Waals surface area contributed by atoms with E-state index in [1.165, 1.54) is 5.56 Å². The minimum atomic E-state index is -0.747. The summed E-state index contributed by atoms with van der Waals surface area (Å²) in [5.74, 6) is -0.747. The number of para-hydroxylation sites is 1. The van der Waals surface area contributed by atoms with Gasteiger partial charge in [0.05, 0.1) is 5.41 Å². The van der Waals surface area contributed by atoms with Crippen molar-refractivity contribution in [2.24, 2.45) is 5.41 Å². The van der Waals surface area contributed by atoms with Gasteiger partial charge in [-0.15, -0.1) is 0 Å². The highest BCUT2D eigenvalue weighted by Gasteiger charge is 2.26. The molecule has 0 fully saturated rings. The molecule has 1 rings (SSSR count).